The van der Waals surface area contributed by atoms with Crippen molar-refractivity contribution in [3.05, 3.63) is 17.5 Å². The Morgan fingerprint density at radius 1 is 1.71 bits per heavy atom. The van der Waals surface area contributed by atoms with Crippen molar-refractivity contribution in [2.75, 3.05) is 13.7 Å². The van der Waals surface area contributed by atoms with Crippen LogP contribution >= 0.6 is 0 Å². The van der Waals surface area contributed by atoms with Crippen LogP contribution in [0, 0.1) is 0 Å². The fourth-order valence-corrected chi connectivity index (χ4v) is 0.993. The molecule has 1 aromatic heterocycles. The van der Waals surface area contributed by atoms with E-state index in [-0.39, 0.29) is 12.6 Å². The van der Waals surface area contributed by atoms with E-state index < -0.39 is 0 Å². The highest BCUT2D eigenvalue weighted by Crippen LogP contribution is 2.04. The molecular weight excluding hydrogens is 184 g/mol. The summed E-state index contributed by atoms with van der Waals surface area (Å²) in [6, 6.07) is 1.90. The van der Waals surface area contributed by atoms with Gasteiger partial charge in [0.1, 0.15) is 6.61 Å². The van der Waals surface area contributed by atoms with Crippen LogP contribution in [0.5, 0.6) is 0 Å². The van der Waals surface area contributed by atoms with E-state index in [0.29, 0.717) is 18.9 Å². The molecule has 1 unspecified atom stereocenters. The first kappa shape index (κ1) is 11.2. The Morgan fingerprint density at radius 3 is 3.14 bits per heavy atom. The molecule has 0 aliphatic rings. The molecule has 1 aromatic rings. The van der Waals surface area contributed by atoms with Crippen LogP contribution in [-0.4, -0.2) is 30.0 Å². The molecule has 5 heteroatoms. The smallest absolute Gasteiger partial charge is 0.162 e. The molecule has 0 fully saturated rings. The van der Waals surface area contributed by atoms with Gasteiger partial charge < -0.3 is 19.7 Å². The lowest BCUT2D eigenvalue weighted by molar-refractivity contribution is 0.155. The van der Waals surface area contributed by atoms with Crippen LogP contribution in [0.1, 0.15) is 18.4 Å². The van der Waals surface area contributed by atoms with Gasteiger partial charge >= 0.3 is 0 Å². The lowest BCUT2D eigenvalue weighted by Gasteiger charge is -2.07. The highest BCUT2D eigenvalue weighted by Gasteiger charge is 2.05. The van der Waals surface area contributed by atoms with Crippen molar-refractivity contribution in [2.45, 2.75) is 26.1 Å². The summed E-state index contributed by atoms with van der Waals surface area (Å²) < 4.78 is 9.89. The van der Waals surface area contributed by atoms with E-state index in [1.165, 1.54) is 0 Å². The van der Waals surface area contributed by atoms with E-state index in [9.17, 15) is 0 Å². The van der Waals surface area contributed by atoms with Gasteiger partial charge in [0, 0.05) is 25.8 Å². The summed E-state index contributed by atoms with van der Waals surface area (Å²) >= 11 is 0. The van der Waals surface area contributed by atoms with Gasteiger partial charge in [0.05, 0.1) is 12.3 Å². The maximum absolute atomic E-state index is 8.78. The number of nitrogens with zero attached hydrogens (tertiary/aromatic N) is 1. The van der Waals surface area contributed by atoms with Crippen molar-refractivity contribution in [3.8, 4) is 0 Å². The first-order valence-corrected chi connectivity index (χ1v) is 4.54. The molecule has 0 saturated heterocycles. The predicted molar refractivity (Wildman–Crippen MR) is 50.6 cm³/mol. The molecule has 80 valence electrons. The highest BCUT2D eigenvalue weighted by atomic mass is 16.5. The summed E-state index contributed by atoms with van der Waals surface area (Å²) in [6.45, 7) is 3.04. The Morgan fingerprint density at radius 2 is 2.50 bits per heavy atom. The molecule has 0 saturated carbocycles. The molecule has 0 amide bonds. The topological polar surface area (TPSA) is 67.5 Å². The summed E-state index contributed by atoms with van der Waals surface area (Å²) in [4.78, 5) is 0. The number of aliphatic hydroxyl groups is 1. The first-order valence-electron chi connectivity index (χ1n) is 4.54. The molecular formula is C9H16N2O3. The molecule has 14 heavy (non-hydrogen) atoms. The molecule has 1 heterocycles. The maximum atomic E-state index is 8.78. The Hall–Kier alpha value is -0.910. The first-order chi connectivity index (χ1) is 6.76. The van der Waals surface area contributed by atoms with E-state index in [1.54, 1.807) is 7.11 Å². The van der Waals surface area contributed by atoms with Crippen LogP contribution in [0.25, 0.3) is 0 Å². The van der Waals surface area contributed by atoms with E-state index >= 15 is 0 Å². The quantitative estimate of drug-likeness (QED) is 0.691. The molecule has 0 radical (unpaired) electrons. The van der Waals surface area contributed by atoms with Crippen LogP contribution in [-0.2, 0) is 17.9 Å². The van der Waals surface area contributed by atoms with Crippen molar-refractivity contribution >= 4 is 0 Å². The predicted octanol–water partition coefficient (Wildman–Crippen LogP) is 0.291. The number of hydrogen-bond acceptors (Lipinski definition) is 5. The monoisotopic (exact) mass is 200 g/mol. The number of methoxy groups -OCH3 is 1. The summed E-state index contributed by atoms with van der Waals surface area (Å²) in [6.07, 6.45) is 0. The standard InChI is InChI=1S/C9H16N2O3/c1-7(5-12)10-4-8-3-9(6-13-2)14-11-8/h3,7,10,12H,4-6H2,1-2H3. The fourth-order valence-electron chi connectivity index (χ4n) is 0.993. The molecule has 5 nitrogen and oxygen atoms in total. The Kier molecular flexibility index (Phi) is 4.58. The molecule has 1 atom stereocenters. The van der Waals surface area contributed by atoms with Crippen molar-refractivity contribution in [1.29, 1.82) is 0 Å². The van der Waals surface area contributed by atoms with Crippen LogP contribution in [0.4, 0.5) is 0 Å². The molecule has 0 aliphatic carbocycles. The minimum atomic E-state index is 0.0672. The number of hydrogen-bond donors (Lipinski definition) is 2. The number of ether oxygens (including phenoxy) is 1. The van der Waals surface area contributed by atoms with Crippen LogP contribution < -0.4 is 5.32 Å². The van der Waals surface area contributed by atoms with Crippen LogP contribution in [0.15, 0.2) is 10.6 Å². The zero-order valence-electron chi connectivity index (χ0n) is 8.49. The van der Waals surface area contributed by atoms with Gasteiger partial charge in [-0.2, -0.15) is 0 Å². The molecule has 0 spiro atoms. The average molecular weight is 200 g/mol. The Bertz CT molecular complexity index is 262. The number of aromatic nitrogens is 1. The van der Waals surface area contributed by atoms with Gasteiger partial charge in [-0.15, -0.1) is 0 Å². The SMILES string of the molecule is COCc1cc(CNC(C)CO)no1. The fraction of sp³-hybridized carbons (Fsp3) is 0.667. The second kappa shape index (κ2) is 5.74. The third-order valence-electron chi connectivity index (χ3n) is 1.80. The van der Waals surface area contributed by atoms with E-state index in [4.69, 9.17) is 14.4 Å². The molecule has 0 aromatic carbocycles. The largest absolute Gasteiger partial charge is 0.395 e. The Labute approximate surface area is 83.0 Å². The second-order valence-corrected chi connectivity index (χ2v) is 3.18. The van der Waals surface area contributed by atoms with Crippen LogP contribution in [0.2, 0.25) is 0 Å². The lowest BCUT2D eigenvalue weighted by Crippen LogP contribution is -2.28. The normalized spacial score (nSPS) is 13.1. The lowest BCUT2D eigenvalue weighted by atomic mass is 10.3. The third-order valence-corrected chi connectivity index (χ3v) is 1.80. The van der Waals surface area contributed by atoms with Gasteiger partial charge in [-0.3, -0.25) is 0 Å². The van der Waals surface area contributed by atoms with Crippen molar-refractivity contribution in [1.82, 2.24) is 10.5 Å². The minimum Gasteiger partial charge on any atom is -0.395 e. The van der Waals surface area contributed by atoms with E-state index in [0.717, 1.165) is 5.69 Å². The summed E-state index contributed by atoms with van der Waals surface area (Å²) in [5.41, 5.74) is 0.817. The zero-order chi connectivity index (χ0) is 10.4. The second-order valence-electron chi connectivity index (χ2n) is 3.18. The van der Waals surface area contributed by atoms with Gasteiger partial charge in [0.15, 0.2) is 5.76 Å². The summed E-state index contributed by atoms with van der Waals surface area (Å²) in [5.74, 6) is 0.709. The molecule has 2 N–H and O–H groups in total. The summed E-state index contributed by atoms with van der Waals surface area (Å²) in [5, 5.41) is 15.7. The van der Waals surface area contributed by atoms with Crippen molar-refractivity contribution in [2.24, 2.45) is 0 Å². The Balaban J connectivity index is 2.35. The van der Waals surface area contributed by atoms with Gasteiger partial charge in [-0.05, 0) is 6.92 Å². The molecule has 0 bridgehead atoms. The molecule has 1 rings (SSSR count). The minimum absolute atomic E-state index is 0.0672. The zero-order valence-corrected chi connectivity index (χ0v) is 8.49. The van der Waals surface area contributed by atoms with Gasteiger partial charge in [-0.25, -0.2) is 0 Å². The van der Waals surface area contributed by atoms with E-state index in [1.807, 2.05) is 13.0 Å². The van der Waals surface area contributed by atoms with E-state index in [2.05, 4.69) is 10.5 Å². The number of aliphatic hydroxyl groups excluding tert-OH is 1. The van der Waals surface area contributed by atoms with Gasteiger partial charge in [-0.1, -0.05) is 5.16 Å². The third kappa shape index (κ3) is 3.45. The average Bonchev–Trinajstić information content (AvgIpc) is 2.63. The molecule has 0 aliphatic heterocycles. The number of rotatable bonds is 6. The van der Waals surface area contributed by atoms with Crippen molar-refractivity contribution < 1.29 is 14.4 Å². The summed E-state index contributed by atoms with van der Waals surface area (Å²) in [7, 11) is 1.61. The highest BCUT2D eigenvalue weighted by molar-refractivity contribution is 5.04. The van der Waals surface area contributed by atoms with Gasteiger partial charge in [0.2, 0.25) is 0 Å². The van der Waals surface area contributed by atoms with Crippen molar-refractivity contribution in [3.63, 3.8) is 0 Å². The number of nitrogens with one attached hydrogen (secondary N) is 1. The van der Waals surface area contributed by atoms with Crippen LogP contribution in [0.3, 0.4) is 0 Å². The maximum Gasteiger partial charge on any atom is 0.162 e. The van der Waals surface area contributed by atoms with Gasteiger partial charge in [0.25, 0.3) is 0 Å².